The van der Waals surface area contributed by atoms with Gasteiger partial charge in [0.25, 0.3) is 5.91 Å². The molecule has 0 atom stereocenters. The first-order valence-corrected chi connectivity index (χ1v) is 8.85. The molecule has 0 spiro atoms. The van der Waals surface area contributed by atoms with Crippen LogP contribution < -0.4 is 10.6 Å². The zero-order valence-electron chi connectivity index (χ0n) is 15.5. The van der Waals surface area contributed by atoms with Gasteiger partial charge in [0.1, 0.15) is 17.3 Å². The second-order valence-electron chi connectivity index (χ2n) is 6.06. The van der Waals surface area contributed by atoms with Crippen LogP contribution in [-0.2, 0) is 11.3 Å². The second-order valence-corrected chi connectivity index (χ2v) is 6.06. The number of hydrogen-bond donors (Lipinski definition) is 2. The van der Waals surface area contributed by atoms with Crippen molar-refractivity contribution in [3.8, 4) is 11.4 Å². The highest BCUT2D eigenvalue weighted by molar-refractivity contribution is 5.93. The van der Waals surface area contributed by atoms with Crippen LogP contribution in [0.5, 0.6) is 0 Å². The van der Waals surface area contributed by atoms with E-state index in [0.717, 1.165) is 11.1 Å². The van der Waals surface area contributed by atoms with Crippen LogP contribution >= 0.6 is 0 Å². The van der Waals surface area contributed by atoms with Crippen molar-refractivity contribution in [2.45, 2.75) is 6.54 Å². The van der Waals surface area contributed by atoms with Crippen LogP contribution in [0.25, 0.3) is 11.4 Å². The fourth-order valence-corrected chi connectivity index (χ4v) is 2.53. The standard InChI is InChI=1S/C21H21FN4O2/c1-28-12-11-23-19-13-18(25-20(26-19)16-5-3-2-4-6-16)21(27)24-14-15-7-9-17(22)10-8-15/h2-10,13H,11-12,14H2,1H3,(H,24,27)(H,23,25,26). The molecule has 1 amide bonds. The fraction of sp³-hybridized carbons (Fsp3) is 0.190. The van der Waals surface area contributed by atoms with E-state index in [-0.39, 0.29) is 24.0 Å². The molecular formula is C21H21FN4O2. The van der Waals surface area contributed by atoms with Gasteiger partial charge in [-0.25, -0.2) is 14.4 Å². The molecule has 1 aromatic heterocycles. The first-order chi connectivity index (χ1) is 13.7. The third kappa shape index (κ3) is 5.34. The lowest BCUT2D eigenvalue weighted by Gasteiger charge is -2.10. The number of hydrogen-bond acceptors (Lipinski definition) is 5. The van der Waals surface area contributed by atoms with Crippen molar-refractivity contribution >= 4 is 11.7 Å². The van der Waals surface area contributed by atoms with Crippen LogP contribution in [0.1, 0.15) is 16.1 Å². The molecule has 7 heteroatoms. The Morgan fingerprint density at radius 1 is 1.07 bits per heavy atom. The minimum Gasteiger partial charge on any atom is -0.383 e. The number of anilines is 1. The highest BCUT2D eigenvalue weighted by atomic mass is 19.1. The number of ether oxygens (including phenoxy) is 1. The minimum absolute atomic E-state index is 0.246. The normalized spacial score (nSPS) is 10.5. The summed E-state index contributed by atoms with van der Waals surface area (Å²) < 4.78 is 18.0. The lowest BCUT2D eigenvalue weighted by Crippen LogP contribution is -2.24. The summed E-state index contributed by atoms with van der Waals surface area (Å²) in [5.41, 5.74) is 1.85. The van der Waals surface area contributed by atoms with Crippen LogP contribution in [0.4, 0.5) is 10.2 Å². The van der Waals surface area contributed by atoms with Gasteiger partial charge < -0.3 is 15.4 Å². The maximum absolute atomic E-state index is 13.0. The number of nitrogens with zero attached hydrogens (tertiary/aromatic N) is 2. The Kier molecular flexibility index (Phi) is 6.64. The monoisotopic (exact) mass is 380 g/mol. The van der Waals surface area contributed by atoms with Gasteiger partial charge in [-0.1, -0.05) is 42.5 Å². The van der Waals surface area contributed by atoms with Gasteiger partial charge in [0.15, 0.2) is 5.82 Å². The number of rotatable bonds is 8. The highest BCUT2D eigenvalue weighted by Gasteiger charge is 2.13. The van der Waals surface area contributed by atoms with Crippen molar-refractivity contribution in [3.05, 3.63) is 77.7 Å². The molecule has 28 heavy (non-hydrogen) atoms. The molecule has 1 heterocycles. The quantitative estimate of drug-likeness (QED) is 0.587. The Balaban J connectivity index is 1.80. The van der Waals surface area contributed by atoms with Crippen LogP contribution in [0.2, 0.25) is 0 Å². The Bertz CT molecular complexity index is 917. The molecule has 0 aliphatic carbocycles. The average molecular weight is 380 g/mol. The van der Waals surface area contributed by atoms with Gasteiger partial charge >= 0.3 is 0 Å². The Labute approximate surface area is 162 Å². The summed E-state index contributed by atoms with van der Waals surface area (Å²) >= 11 is 0. The van der Waals surface area contributed by atoms with E-state index in [4.69, 9.17) is 4.74 Å². The third-order valence-electron chi connectivity index (χ3n) is 3.97. The number of halogens is 1. The van der Waals surface area contributed by atoms with E-state index in [1.165, 1.54) is 12.1 Å². The first-order valence-electron chi connectivity index (χ1n) is 8.85. The van der Waals surface area contributed by atoms with Crippen LogP contribution in [-0.4, -0.2) is 36.1 Å². The molecule has 0 fully saturated rings. The zero-order valence-corrected chi connectivity index (χ0v) is 15.5. The molecule has 0 saturated carbocycles. The first kappa shape index (κ1) is 19.4. The lowest BCUT2D eigenvalue weighted by atomic mass is 10.2. The lowest BCUT2D eigenvalue weighted by molar-refractivity contribution is 0.0946. The number of carbonyl (C=O) groups excluding carboxylic acids is 1. The molecule has 2 N–H and O–H groups in total. The fourth-order valence-electron chi connectivity index (χ4n) is 2.53. The van der Waals surface area contributed by atoms with Crippen molar-refractivity contribution in [2.24, 2.45) is 0 Å². The molecule has 6 nitrogen and oxygen atoms in total. The molecule has 0 radical (unpaired) electrons. The summed E-state index contributed by atoms with van der Waals surface area (Å²) in [4.78, 5) is 21.5. The number of methoxy groups -OCH3 is 1. The maximum atomic E-state index is 13.0. The zero-order chi connectivity index (χ0) is 19.8. The van der Waals surface area contributed by atoms with E-state index in [2.05, 4.69) is 20.6 Å². The second kappa shape index (κ2) is 9.57. The summed E-state index contributed by atoms with van der Waals surface area (Å²) in [6.07, 6.45) is 0. The van der Waals surface area contributed by atoms with Crippen LogP contribution in [0.15, 0.2) is 60.7 Å². The van der Waals surface area contributed by atoms with Crippen molar-refractivity contribution in [1.29, 1.82) is 0 Å². The molecular weight excluding hydrogens is 359 g/mol. The average Bonchev–Trinajstić information content (AvgIpc) is 2.74. The summed E-state index contributed by atoms with van der Waals surface area (Å²) in [5.74, 6) is 0.344. The molecule has 0 bridgehead atoms. The van der Waals surface area contributed by atoms with Gasteiger partial charge in [0, 0.05) is 31.8 Å². The van der Waals surface area contributed by atoms with Gasteiger partial charge in [0.2, 0.25) is 0 Å². The van der Waals surface area contributed by atoms with E-state index in [9.17, 15) is 9.18 Å². The van der Waals surface area contributed by atoms with E-state index >= 15 is 0 Å². The van der Waals surface area contributed by atoms with Crippen molar-refractivity contribution in [2.75, 3.05) is 25.6 Å². The van der Waals surface area contributed by atoms with Crippen LogP contribution in [0.3, 0.4) is 0 Å². The molecule has 3 rings (SSSR count). The molecule has 0 saturated heterocycles. The van der Waals surface area contributed by atoms with Crippen LogP contribution in [0, 0.1) is 5.82 Å². The van der Waals surface area contributed by atoms with Gasteiger partial charge in [0.05, 0.1) is 6.61 Å². The minimum atomic E-state index is -0.335. The summed E-state index contributed by atoms with van der Waals surface area (Å²) in [5, 5.41) is 5.94. The topological polar surface area (TPSA) is 76.1 Å². The maximum Gasteiger partial charge on any atom is 0.270 e. The molecule has 0 unspecified atom stereocenters. The number of benzene rings is 2. The number of aromatic nitrogens is 2. The van der Waals surface area contributed by atoms with E-state index in [1.54, 1.807) is 25.3 Å². The molecule has 3 aromatic rings. The summed E-state index contributed by atoms with van der Waals surface area (Å²) in [6, 6.07) is 17.0. The largest absolute Gasteiger partial charge is 0.383 e. The van der Waals surface area contributed by atoms with Gasteiger partial charge in [-0.2, -0.15) is 0 Å². The smallest absolute Gasteiger partial charge is 0.270 e. The van der Waals surface area contributed by atoms with Crippen molar-refractivity contribution in [1.82, 2.24) is 15.3 Å². The molecule has 2 aromatic carbocycles. The number of carbonyl (C=O) groups is 1. The van der Waals surface area contributed by atoms with Crippen molar-refractivity contribution in [3.63, 3.8) is 0 Å². The number of amides is 1. The highest BCUT2D eigenvalue weighted by Crippen LogP contribution is 2.18. The molecule has 0 aliphatic rings. The van der Waals surface area contributed by atoms with E-state index in [1.807, 2.05) is 30.3 Å². The van der Waals surface area contributed by atoms with Gasteiger partial charge in [-0.3, -0.25) is 4.79 Å². The van der Waals surface area contributed by atoms with E-state index < -0.39 is 0 Å². The van der Waals surface area contributed by atoms with E-state index in [0.29, 0.717) is 24.8 Å². The Hall–Kier alpha value is -3.32. The van der Waals surface area contributed by atoms with Gasteiger partial charge in [-0.15, -0.1) is 0 Å². The predicted molar refractivity (Wildman–Crippen MR) is 105 cm³/mol. The Morgan fingerprint density at radius 2 is 1.82 bits per heavy atom. The molecule has 0 aliphatic heterocycles. The number of nitrogens with one attached hydrogen (secondary N) is 2. The summed E-state index contributed by atoms with van der Waals surface area (Å²) in [6.45, 7) is 1.34. The van der Waals surface area contributed by atoms with Crippen molar-refractivity contribution < 1.29 is 13.9 Å². The SMILES string of the molecule is COCCNc1cc(C(=O)NCc2ccc(F)cc2)nc(-c2ccccc2)n1. The summed E-state index contributed by atoms with van der Waals surface area (Å²) in [7, 11) is 1.62. The third-order valence-corrected chi connectivity index (χ3v) is 3.97. The van der Waals surface area contributed by atoms with Gasteiger partial charge in [-0.05, 0) is 17.7 Å². The predicted octanol–water partition coefficient (Wildman–Crippen LogP) is 3.27. The molecule has 144 valence electrons. The Morgan fingerprint density at radius 3 is 2.54 bits per heavy atom.